The molecule has 0 radical (unpaired) electrons. The molecule has 3 aromatic rings. The van der Waals surface area contributed by atoms with Crippen LogP contribution in [0.5, 0.6) is 5.75 Å². The van der Waals surface area contributed by atoms with Crippen LogP contribution in [0.2, 0.25) is 0 Å². The zero-order valence-corrected chi connectivity index (χ0v) is 25.7. The number of carbonyl (C=O) groups is 1. The molecule has 3 fully saturated rings. The van der Waals surface area contributed by atoms with Gasteiger partial charge in [0.05, 0.1) is 13.2 Å². The molecular weight excluding hydrogens is 532 g/mol. The minimum atomic E-state index is 0.123. The molecule has 0 bridgehead atoms. The van der Waals surface area contributed by atoms with Gasteiger partial charge in [0.1, 0.15) is 11.9 Å². The van der Waals surface area contributed by atoms with Gasteiger partial charge < -0.3 is 9.47 Å². The van der Waals surface area contributed by atoms with Gasteiger partial charge in [-0.05, 0) is 61.9 Å². The molecule has 6 rings (SSSR count). The van der Waals surface area contributed by atoms with Crippen molar-refractivity contribution >= 4 is 5.78 Å². The Labute approximate surface area is 258 Å². The highest BCUT2D eigenvalue weighted by atomic mass is 16.5. The number of benzene rings is 3. The van der Waals surface area contributed by atoms with E-state index in [1.165, 1.54) is 43.2 Å². The van der Waals surface area contributed by atoms with Crippen molar-refractivity contribution in [3.05, 3.63) is 102 Å². The summed E-state index contributed by atoms with van der Waals surface area (Å²) in [6.45, 7) is 6.56. The molecule has 2 aliphatic heterocycles. The summed E-state index contributed by atoms with van der Waals surface area (Å²) in [6, 6.07) is 29.7. The lowest BCUT2D eigenvalue weighted by Crippen LogP contribution is -2.54. The van der Waals surface area contributed by atoms with Crippen LogP contribution in [0.1, 0.15) is 85.2 Å². The standard InChI is InChI=1S/C38H48N2O3/c41-37(19-22-38(20-8-3-9-21-38)40-24-26-42-27-25-40)33-16-10-17-34(28-33)43-35-18-11-23-39(29-35)30-36(31-12-4-1-5-13-31)32-14-6-2-7-15-32/h1-2,4-7,10,12-17,28,35-36H,3,8-9,11,18-27,29-30H2. The van der Waals surface area contributed by atoms with Crippen molar-refractivity contribution in [1.29, 1.82) is 0 Å². The van der Waals surface area contributed by atoms with Gasteiger partial charge in [0, 0.05) is 49.6 Å². The number of morpholine rings is 1. The highest BCUT2D eigenvalue weighted by molar-refractivity contribution is 5.96. The molecule has 5 nitrogen and oxygen atoms in total. The van der Waals surface area contributed by atoms with Gasteiger partial charge in [-0.1, -0.05) is 92.1 Å². The number of rotatable bonds is 11. The van der Waals surface area contributed by atoms with Crippen LogP contribution in [-0.4, -0.2) is 73.2 Å². The molecule has 3 aromatic carbocycles. The molecule has 0 aromatic heterocycles. The first-order chi connectivity index (χ1) is 21.2. The summed E-state index contributed by atoms with van der Waals surface area (Å²) in [5, 5.41) is 0. The van der Waals surface area contributed by atoms with Crippen molar-refractivity contribution in [3.63, 3.8) is 0 Å². The minimum absolute atomic E-state index is 0.123. The summed E-state index contributed by atoms with van der Waals surface area (Å²) < 4.78 is 12.2. The Kier molecular flexibility index (Phi) is 10.2. The van der Waals surface area contributed by atoms with E-state index in [1.54, 1.807) is 0 Å². The van der Waals surface area contributed by atoms with Crippen molar-refractivity contribution in [2.45, 2.75) is 75.3 Å². The molecule has 1 saturated carbocycles. The van der Waals surface area contributed by atoms with Crippen LogP contribution in [-0.2, 0) is 4.74 Å². The first kappa shape index (κ1) is 30.1. The number of carbonyl (C=O) groups excluding carboxylic acids is 1. The number of hydrogen-bond acceptors (Lipinski definition) is 5. The number of likely N-dealkylation sites (tertiary alicyclic amines) is 1. The van der Waals surface area contributed by atoms with Crippen molar-refractivity contribution < 1.29 is 14.3 Å². The molecule has 0 amide bonds. The van der Waals surface area contributed by atoms with Gasteiger partial charge in [0.15, 0.2) is 5.78 Å². The Morgan fingerprint density at radius 3 is 2.23 bits per heavy atom. The average Bonchev–Trinajstić information content (AvgIpc) is 3.08. The summed E-state index contributed by atoms with van der Waals surface area (Å²) in [6.07, 6.45) is 10.1. The highest BCUT2D eigenvalue weighted by Crippen LogP contribution is 2.38. The normalized spacial score (nSPS) is 21.5. The van der Waals surface area contributed by atoms with Crippen molar-refractivity contribution in [1.82, 2.24) is 9.80 Å². The molecule has 228 valence electrons. The Balaban J connectivity index is 1.07. The third-order valence-corrected chi connectivity index (χ3v) is 10.0. The molecule has 43 heavy (non-hydrogen) atoms. The number of ketones is 1. The second-order valence-corrected chi connectivity index (χ2v) is 12.9. The Morgan fingerprint density at radius 1 is 0.837 bits per heavy atom. The molecule has 2 saturated heterocycles. The molecule has 0 spiro atoms. The van der Waals surface area contributed by atoms with E-state index >= 15 is 0 Å². The highest BCUT2D eigenvalue weighted by Gasteiger charge is 2.38. The quantitative estimate of drug-likeness (QED) is 0.222. The number of hydrogen-bond donors (Lipinski definition) is 0. The van der Waals surface area contributed by atoms with E-state index in [9.17, 15) is 4.79 Å². The van der Waals surface area contributed by atoms with Gasteiger partial charge in [0.25, 0.3) is 0 Å². The van der Waals surface area contributed by atoms with E-state index in [0.29, 0.717) is 12.3 Å². The van der Waals surface area contributed by atoms with Crippen LogP contribution >= 0.6 is 0 Å². The first-order valence-corrected chi connectivity index (χ1v) is 16.6. The number of nitrogens with zero attached hydrogens (tertiary/aromatic N) is 2. The summed E-state index contributed by atoms with van der Waals surface area (Å²) >= 11 is 0. The summed E-state index contributed by atoms with van der Waals surface area (Å²) in [7, 11) is 0. The van der Waals surface area contributed by atoms with Gasteiger partial charge in [-0.3, -0.25) is 14.6 Å². The van der Waals surface area contributed by atoms with Crippen LogP contribution in [0.3, 0.4) is 0 Å². The maximum atomic E-state index is 13.5. The molecule has 2 heterocycles. The Hall–Kier alpha value is -2.99. The summed E-state index contributed by atoms with van der Waals surface area (Å²) in [4.78, 5) is 18.7. The summed E-state index contributed by atoms with van der Waals surface area (Å²) in [5.74, 6) is 1.38. The van der Waals surface area contributed by atoms with Gasteiger partial charge in [-0.25, -0.2) is 0 Å². The van der Waals surface area contributed by atoms with E-state index in [1.807, 2.05) is 24.3 Å². The molecule has 1 aliphatic carbocycles. The SMILES string of the molecule is O=C(CCC1(N2CCOCC2)CCCCC1)c1cccc(OC2CCCN(CC(c3ccccc3)c3ccccc3)C2)c1. The van der Waals surface area contributed by atoms with Crippen LogP contribution in [0, 0.1) is 0 Å². The largest absolute Gasteiger partial charge is 0.489 e. The molecule has 5 heteroatoms. The topological polar surface area (TPSA) is 42.0 Å². The lowest BCUT2D eigenvalue weighted by molar-refractivity contribution is -0.0410. The molecule has 1 unspecified atom stereocenters. The lowest BCUT2D eigenvalue weighted by atomic mass is 9.76. The third-order valence-electron chi connectivity index (χ3n) is 10.0. The van der Waals surface area contributed by atoms with Gasteiger partial charge >= 0.3 is 0 Å². The van der Waals surface area contributed by atoms with E-state index in [0.717, 1.165) is 76.5 Å². The lowest BCUT2D eigenvalue weighted by Gasteiger charge is -2.48. The van der Waals surface area contributed by atoms with Crippen LogP contribution in [0.4, 0.5) is 0 Å². The number of Topliss-reactive ketones (excluding diaryl/α,β-unsaturated/α-hetero) is 1. The minimum Gasteiger partial charge on any atom is -0.489 e. The third kappa shape index (κ3) is 7.75. The molecule has 0 N–H and O–H groups in total. The van der Waals surface area contributed by atoms with Gasteiger partial charge in [0.2, 0.25) is 0 Å². The van der Waals surface area contributed by atoms with E-state index in [4.69, 9.17) is 9.47 Å². The molecule has 1 atom stereocenters. The van der Waals surface area contributed by atoms with Crippen LogP contribution in [0.15, 0.2) is 84.9 Å². The van der Waals surface area contributed by atoms with Crippen molar-refractivity contribution in [2.75, 3.05) is 45.9 Å². The first-order valence-electron chi connectivity index (χ1n) is 16.6. The van der Waals surface area contributed by atoms with E-state index in [2.05, 4.69) is 70.5 Å². The van der Waals surface area contributed by atoms with Crippen molar-refractivity contribution in [2.24, 2.45) is 0 Å². The second kappa shape index (κ2) is 14.7. The van der Waals surface area contributed by atoms with Crippen molar-refractivity contribution in [3.8, 4) is 5.75 Å². The van der Waals surface area contributed by atoms with E-state index < -0.39 is 0 Å². The number of piperidine rings is 1. The Bertz CT molecular complexity index is 1250. The molecular formula is C38H48N2O3. The van der Waals surface area contributed by atoms with Gasteiger partial charge in [-0.2, -0.15) is 0 Å². The zero-order valence-electron chi connectivity index (χ0n) is 25.7. The Morgan fingerprint density at radius 2 is 1.53 bits per heavy atom. The van der Waals surface area contributed by atoms with Crippen LogP contribution in [0.25, 0.3) is 0 Å². The van der Waals surface area contributed by atoms with Crippen LogP contribution < -0.4 is 4.74 Å². The fraction of sp³-hybridized carbons (Fsp3) is 0.500. The average molecular weight is 581 g/mol. The number of ether oxygens (including phenoxy) is 2. The predicted octanol–water partition coefficient (Wildman–Crippen LogP) is 7.36. The fourth-order valence-corrected chi connectivity index (χ4v) is 7.71. The van der Waals surface area contributed by atoms with Gasteiger partial charge in [-0.15, -0.1) is 0 Å². The second-order valence-electron chi connectivity index (χ2n) is 12.9. The molecule has 3 aliphatic rings. The zero-order chi connectivity index (χ0) is 29.3. The predicted molar refractivity (Wildman–Crippen MR) is 173 cm³/mol. The smallest absolute Gasteiger partial charge is 0.163 e. The monoisotopic (exact) mass is 580 g/mol. The maximum absolute atomic E-state index is 13.5. The fourth-order valence-electron chi connectivity index (χ4n) is 7.71. The summed E-state index contributed by atoms with van der Waals surface area (Å²) in [5.41, 5.74) is 3.65. The van der Waals surface area contributed by atoms with E-state index in [-0.39, 0.29) is 17.4 Å². The maximum Gasteiger partial charge on any atom is 0.163 e.